The molecule has 0 aliphatic carbocycles. The van der Waals surface area contributed by atoms with Crippen molar-refractivity contribution in [3.63, 3.8) is 0 Å². The molecule has 0 bridgehead atoms. The van der Waals surface area contributed by atoms with Gasteiger partial charge in [0.25, 0.3) is 11.8 Å². The maximum Gasteiger partial charge on any atom is 0.259 e. The molecule has 2 aromatic rings. The predicted molar refractivity (Wildman–Crippen MR) is 100 cm³/mol. The molecule has 0 aliphatic rings. The van der Waals surface area contributed by atoms with E-state index in [9.17, 15) is 9.59 Å². The molecule has 0 spiro atoms. The van der Waals surface area contributed by atoms with Crippen LogP contribution in [0.15, 0.2) is 65.3 Å². The molecule has 5 heteroatoms. The minimum Gasteiger partial charge on any atom is -0.343 e. The van der Waals surface area contributed by atoms with E-state index in [0.717, 1.165) is 16.7 Å². The van der Waals surface area contributed by atoms with Crippen molar-refractivity contribution in [3.8, 4) is 0 Å². The number of benzene rings is 2. The predicted octanol–water partition coefficient (Wildman–Crippen LogP) is 2.93. The summed E-state index contributed by atoms with van der Waals surface area (Å²) in [5.74, 6) is -0.664. The number of nitrogens with one attached hydrogen (secondary N) is 2. The van der Waals surface area contributed by atoms with E-state index in [-0.39, 0.29) is 18.4 Å². The monoisotopic (exact) mass is 335 g/mol. The van der Waals surface area contributed by atoms with Gasteiger partial charge < -0.3 is 5.32 Å². The number of carbonyl (C=O) groups excluding carboxylic acids is 2. The van der Waals surface area contributed by atoms with Crippen LogP contribution in [0.5, 0.6) is 0 Å². The standard InChI is InChI=1S/C20H21N3O2/c1-15(12-17-9-4-3-5-10-17)13-22-23-19(24)14-21-20(25)18-11-7-6-8-16(18)2/h3-13H,14H2,1-2H3,(H,21,25)(H,23,24)/b15-12-,22-13-. The van der Waals surface area contributed by atoms with Gasteiger partial charge in [0.1, 0.15) is 0 Å². The van der Waals surface area contributed by atoms with Crippen LogP contribution in [0.1, 0.15) is 28.4 Å². The normalized spacial score (nSPS) is 11.4. The van der Waals surface area contributed by atoms with Crippen LogP contribution in [0.4, 0.5) is 0 Å². The third kappa shape index (κ3) is 6.06. The first-order valence-corrected chi connectivity index (χ1v) is 7.95. The summed E-state index contributed by atoms with van der Waals surface area (Å²) >= 11 is 0. The average Bonchev–Trinajstić information content (AvgIpc) is 2.61. The molecule has 0 atom stereocenters. The lowest BCUT2D eigenvalue weighted by molar-refractivity contribution is -0.120. The Morgan fingerprint density at radius 3 is 2.44 bits per heavy atom. The minimum atomic E-state index is -0.384. The van der Waals surface area contributed by atoms with Gasteiger partial charge in [-0.15, -0.1) is 0 Å². The third-order valence-electron chi connectivity index (χ3n) is 3.45. The molecule has 128 valence electrons. The average molecular weight is 335 g/mol. The number of hydrogen-bond donors (Lipinski definition) is 2. The summed E-state index contributed by atoms with van der Waals surface area (Å²) in [5.41, 5.74) is 5.77. The number of amides is 2. The van der Waals surface area contributed by atoms with Gasteiger partial charge in [0.15, 0.2) is 0 Å². The van der Waals surface area contributed by atoms with Crippen LogP contribution in [0.25, 0.3) is 6.08 Å². The van der Waals surface area contributed by atoms with E-state index in [2.05, 4.69) is 15.8 Å². The van der Waals surface area contributed by atoms with Crippen LogP contribution in [-0.2, 0) is 4.79 Å². The van der Waals surface area contributed by atoms with Crippen molar-refractivity contribution in [2.45, 2.75) is 13.8 Å². The Morgan fingerprint density at radius 1 is 1.04 bits per heavy atom. The van der Waals surface area contributed by atoms with E-state index in [0.29, 0.717) is 5.56 Å². The second-order valence-electron chi connectivity index (χ2n) is 5.59. The summed E-state index contributed by atoms with van der Waals surface area (Å²) in [6.45, 7) is 3.61. The maximum atomic E-state index is 12.0. The summed E-state index contributed by atoms with van der Waals surface area (Å²) in [7, 11) is 0. The minimum absolute atomic E-state index is 0.133. The van der Waals surface area contributed by atoms with E-state index in [1.165, 1.54) is 0 Å². The molecule has 0 fully saturated rings. The second kappa shape index (κ2) is 9.17. The summed E-state index contributed by atoms with van der Waals surface area (Å²) in [4.78, 5) is 23.8. The van der Waals surface area contributed by atoms with Gasteiger partial charge >= 0.3 is 0 Å². The number of allylic oxidation sites excluding steroid dienone is 1. The van der Waals surface area contributed by atoms with Crippen molar-refractivity contribution in [2.75, 3.05) is 6.54 Å². The zero-order valence-electron chi connectivity index (χ0n) is 14.3. The smallest absolute Gasteiger partial charge is 0.259 e. The van der Waals surface area contributed by atoms with E-state index in [1.807, 2.05) is 62.4 Å². The van der Waals surface area contributed by atoms with Gasteiger partial charge in [-0.2, -0.15) is 5.10 Å². The Morgan fingerprint density at radius 2 is 1.72 bits per heavy atom. The van der Waals surface area contributed by atoms with Crippen molar-refractivity contribution < 1.29 is 9.59 Å². The second-order valence-corrected chi connectivity index (χ2v) is 5.59. The molecule has 0 saturated heterocycles. The maximum absolute atomic E-state index is 12.0. The molecule has 0 radical (unpaired) electrons. The van der Waals surface area contributed by atoms with E-state index in [1.54, 1.807) is 18.3 Å². The van der Waals surface area contributed by atoms with Crippen LogP contribution in [0.2, 0.25) is 0 Å². The quantitative estimate of drug-likeness (QED) is 0.629. The van der Waals surface area contributed by atoms with Gasteiger partial charge in [-0.3, -0.25) is 9.59 Å². The largest absolute Gasteiger partial charge is 0.343 e. The highest BCUT2D eigenvalue weighted by Gasteiger charge is 2.09. The Hall–Kier alpha value is -3.21. The first-order valence-electron chi connectivity index (χ1n) is 7.95. The molecule has 2 amide bonds. The molecule has 0 saturated carbocycles. The Kier molecular flexibility index (Phi) is 6.65. The van der Waals surface area contributed by atoms with Crippen LogP contribution < -0.4 is 10.7 Å². The Bertz CT molecular complexity index is 796. The molecular weight excluding hydrogens is 314 g/mol. The summed E-state index contributed by atoms with van der Waals surface area (Å²) in [6, 6.07) is 17.0. The SMILES string of the molecule is CC(/C=N\NC(=O)CNC(=O)c1ccccc1C)=C/c1ccccc1. The van der Waals surface area contributed by atoms with E-state index >= 15 is 0 Å². The number of nitrogens with zero attached hydrogens (tertiary/aromatic N) is 1. The van der Waals surface area contributed by atoms with Crippen LogP contribution in [0.3, 0.4) is 0 Å². The molecule has 2 N–H and O–H groups in total. The van der Waals surface area contributed by atoms with Gasteiger partial charge in [0, 0.05) is 5.56 Å². The van der Waals surface area contributed by atoms with Gasteiger partial charge in [0.05, 0.1) is 12.8 Å². The lowest BCUT2D eigenvalue weighted by Gasteiger charge is -2.06. The first-order chi connectivity index (χ1) is 12.1. The molecule has 0 unspecified atom stereocenters. The summed E-state index contributed by atoms with van der Waals surface area (Å²) < 4.78 is 0. The summed E-state index contributed by atoms with van der Waals surface area (Å²) in [5, 5.41) is 6.47. The highest BCUT2D eigenvalue weighted by atomic mass is 16.2. The highest BCUT2D eigenvalue weighted by molar-refractivity contribution is 5.97. The van der Waals surface area contributed by atoms with Crippen LogP contribution in [-0.4, -0.2) is 24.6 Å². The zero-order chi connectivity index (χ0) is 18.1. The van der Waals surface area contributed by atoms with Crippen molar-refractivity contribution in [1.29, 1.82) is 0 Å². The topological polar surface area (TPSA) is 70.6 Å². The zero-order valence-corrected chi connectivity index (χ0v) is 14.3. The molecule has 0 aliphatic heterocycles. The fourth-order valence-corrected chi connectivity index (χ4v) is 2.18. The molecule has 5 nitrogen and oxygen atoms in total. The van der Waals surface area contributed by atoms with Crippen molar-refractivity contribution >= 4 is 24.1 Å². The molecular formula is C20H21N3O2. The van der Waals surface area contributed by atoms with Crippen molar-refractivity contribution in [3.05, 3.63) is 76.9 Å². The lowest BCUT2D eigenvalue weighted by atomic mass is 10.1. The van der Waals surface area contributed by atoms with Gasteiger partial charge in [-0.25, -0.2) is 5.43 Å². The van der Waals surface area contributed by atoms with Gasteiger partial charge in [-0.1, -0.05) is 54.6 Å². The highest BCUT2D eigenvalue weighted by Crippen LogP contribution is 2.06. The molecule has 2 aromatic carbocycles. The number of hydrazone groups is 1. The number of hydrogen-bond acceptors (Lipinski definition) is 3. The molecule has 0 heterocycles. The van der Waals surface area contributed by atoms with Crippen molar-refractivity contribution in [2.24, 2.45) is 5.10 Å². The van der Waals surface area contributed by atoms with Crippen LogP contribution >= 0.6 is 0 Å². The third-order valence-corrected chi connectivity index (χ3v) is 3.45. The molecule has 2 rings (SSSR count). The Labute approximate surface area is 147 Å². The fourth-order valence-electron chi connectivity index (χ4n) is 2.18. The fraction of sp³-hybridized carbons (Fsp3) is 0.150. The lowest BCUT2D eigenvalue weighted by Crippen LogP contribution is -2.35. The van der Waals surface area contributed by atoms with Gasteiger partial charge in [-0.05, 0) is 36.6 Å². The van der Waals surface area contributed by atoms with E-state index in [4.69, 9.17) is 0 Å². The van der Waals surface area contributed by atoms with Gasteiger partial charge in [0.2, 0.25) is 0 Å². The molecule has 25 heavy (non-hydrogen) atoms. The van der Waals surface area contributed by atoms with Crippen LogP contribution in [0, 0.1) is 6.92 Å². The number of rotatable bonds is 6. The number of carbonyl (C=O) groups is 2. The summed E-state index contributed by atoms with van der Waals surface area (Å²) in [6.07, 6.45) is 3.52. The Balaban J connectivity index is 1.80. The molecule has 0 aromatic heterocycles. The first kappa shape index (κ1) is 18.1. The van der Waals surface area contributed by atoms with E-state index < -0.39 is 0 Å². The van der Waals surface area contributed by atoms with Crippen molar-refractivity contribution in [1.82, 2.24) is 10.7 Å². The number of aryl methyl sites for hydroxylation is 1.